The number of aromatic nitrogens is 2. The first-order valence-corrected chi connectivity index (χ1v) is 11.8. The zero-order valence-electron chi connectivity index (χ0n) is 19.9. The molecule has 0 aliphatic carbocycles. The van der Waals surface area contributed by atoms with Crippen LogP contribution in [0.5, 0.6) is 0 Å². The van der Waals surface area contributed by atoms with Crippen molar-refractivity contribution < 1.29 is 22.8 Å². The molecular weight excluding hydrogens is 485 g/mol. The summed E-state index contributed by atoms with van der Waals surface area (Å²) in [4.78, 5) is 28.9. The van der Waals surface area contributed by atoms with E-state index in [0.717, 1.165) is 16.6 Å². The molecule has 0 unspecified atom stereocenters. The van der Waals surface area contributed by atoms with Crippen molar-refractivity contribution in [1.29, 1.82) is 5.26 Å². The second-order valence-electron chi connectivity index (χ2n) is 8.53. The molecule has 1 aliphatic heterocycles. The van der Waals surface area contributed by atoms with Gasteiger partial charge in [-0.3, -0.25) is 9.59 Å². The van der Waals surface area contributed by atoms with Crippen molar-refractivity contribution >= 4 is 17.5 Å². The minimum absolute atomic E-state index is 0.0495. The molecule has 2 aromatic carbocycles. The fraction of sp³-hybridized carbons (Fsp3) is 0.308. The van der Waals surface area contributed by atoms with E-state index in [0.29, 0.717) is 37.4 Å². The lowest BCUT2D eigenvalue weighted by molar-refractivity contribution is -0.141. The number of halogens is 3. The van der Waals surface area contributed by atoms with E-state index in [2.05, 4.69) is 21.4 Å². The summed E-state index contributed by atoms with van der Waals surface area (Å²) in [5, 5.41) is 15.3. The SMILES string of the molecule is N#Cc1ccccc1N1CCN(C(=O)CCCNC(=O)c2cn(-c3ccccc3)nc2C(F)(F)F)CC1. The highest BCUT2D eigenvalue weighted by molar-refractivity contribution is 5.95. The van der Waals surface area contributed by atoms with E-state index < -0.39 is 23.3 Å². The minimum atomic E-state index is -4.79. The van der Waals surface area contributed by atoms with E-state index in [9.17, 15) is 28.0 Å². The lowest BCUT2D eigenvalue weighted by Crippen LogP contribution is -2.49. The number of anilines is 1. The van der Waals surface area contributed by atoms with Crippen molar-refractivity contribution in [2.45, 2.75) is 19.0 Å². The fourth-order valence-electron chi connectivity index (χ4n) is 4.20. The molecule has 0 saturated carbocycles. The number of hydrogen-bond acceptors (Lipinski definition) is 5. The Kier molecular flexibility index (Phi) is 7.77. The summed E-state index contributed by atoms with van der Waals surface area (Å²) in [7, 11) is 0. The Balaban J connectivity index is 1.28. The third kappa shape index (κ3) is 6.09. The van der Waals surface area contributed by atoms with Gasteiger partial charge in [0, 0.05) is 45.3 Å². The van der Waals surface area contributed by atoms with Crippen LogP contribution < -0.4 is 10.2 Å². The molecule has 37 heavy (non-hydrogen) atoms. The van der Waals surface area contributed by atoms with Crippen LogP contribution in [-0.2, 0) is 11.0 Å². The number of carbonyl (C=O) groups is 2. The van der Waals surface area contributed by atoms with Gasteiger partial charge >= 0.3 is 6.18 Å². The number of hydrogen-bond donors (Lipinski definition) is 1. The molecule has 2 amide bonds. The van der Waals surface area contributed by atoms with Gasteiger partial charge in [0.25, 0.3) is 5.91 Å². The molecule has 11 heteroatoms. The first kappa shape index (κ1) is 25.8. The number of carbonyl (C=O) groups excluding carboxylic acids is 2. The molecule has 1 saturated heterocycles. The normalized spacial score (nSPS) is 13.8. The van der Waals surface area contributed by atoms with Crippen molar-refractivity contribution in [1.82, 2.24) is 20.0 Å². The van der Waals surface area contributed by atoms with Gasteiger partial charge in [-0.25, -0.2) is 4.68 Å². The van der Waals surface area contributed by atoms with Gasteiger partial charge in [0.1, 0.15) is 6.07 Å². The van der Waals surface area contributed by atoms with Crippen molar-refractivity contribution in [3.63, 3.8) is 0 Å². The minimum Gasteiger partial charge on any atom is -0.367 e. The Labute approximate surface area is 211 Å². The van der Waals surface area contributed by atoms with Gasteiger partial charge in [-0.05, 0) is 30.7 Å². The van der Waals surface area contributed by atoms with Crippen LogP contribution >= 0.6 is 0 Å². The van der Waals surface area contributed by atoms with Crippen LogP contribution in [0.4, 0.5) is 18.9 Å². The van der Waals surface area contributed by atoms with Crippen molar-refractivity contribution in [3.8, 4) is 11.8 Å². The average Bonchev–Trinajstić information content (AvgIpc) is 3.38. The number of amides is 2. The zero-order chi connectivity index (χ0) is 26.4. The molecule has 1 fully saturated rings. The summed E-state index contributed by atoms with van der Waals surface area (Å²) in [6, 6.07) is 17.7. The smallest absolute Gasteiger partial charge is 0.367 e. The number of piperazine rings is 1. The third-order valence-electron chi connectivity index (χ3n) is 6.10. The fourth-order valence-corrected chi connectivity index (χ4v) is 4.20. The predicted molar refractivity (Wildman–Crippen MR) is 130 cm³/mol. The number of nitrogens with one attached hydrogen (secondary N) is 1. The molecule has 0 radical (unpaired) electrons. The van der Waals surface area contributed by atoms with Crippen LogP contribution in [0.25, 0.3) is 5.69 Å². The maximum Gasteiger partial charge on any atom is 0.435 e. The Bertz CT molecular complexity index is 1290. The lowest BCUT2D eigenvalue weighted by Gasteiger charge is -2.36. The van der Waals surface area contributed by atoms with Gasteiger partial charge < -0.3 is 15.1 Å². The molecule has 3 aromatic rings. The Morgan fingerprint density at radius 1 is 1.00 bits per heavy atom. The molecule has 192 valence electrons. The van der Waals surface area contributed by atoms with E-state index in [1.54, 1.807) is 47.4 Å². The number of para-hydroxylation sites is 2. The topological polar surface area (TPSA) is 94.3 Å². The second kappa shape index (κ2) is 11.2. The van der Waals surface area contributed by atoms with Crippen molar-refractivity contribution in [2.24, 2.45) is 0 Å². The van der Waals surface area contributed by atoms with Crippen LogP contribution in [0.15, 0.2) is 60.8 Å². The van der Waals surface area contributed by atoms with Gasteiger partial charge in [-0.15, -0.1) is 0 Å². The number of nitrogens with zero attached hydrogens (tertiary/aromatic N) is 5. The molecule has 1 N–H and O–H groups in total. The van der Waals surface area contributed by atoms with Gasteiger partial charge in [-0.2, -0.15) is 23.5 Å². The highest BCUT2D eigenvalue weighted by atomic mass is 19.4. The Hall–Kier alpha value is -4.33. The number of alkyl halides is 3. The molecule has 1 aromatic heterocycles. The van der Waals surface area contributed by atoms with E-state index in [-0.39, 0.29) is 25.3 Å². The lowest BCUT2D eigenvalue weighted by atomic mass is 10.1. The molecule has 1 aliphatic rings. The third-order valence-corrected chi connectivity index (χ3v) is 6.10. The predicted octanol–water partition coefficient (Wildman–Crippen LogP) is 3.62. The Morgan fingerprint density at radius 2 is 1.68 bits per heavy atom. The van der Waals surface area contributed by atoms with Gasteiger partial charge in [-0.1, -0.05) is 30.3 Å². The number of rotatable bonds is 7. The van der Waals surface area contributed by atoms with Crippen LogP contribution in [0.1, 0.15) is 34.5 Å². The molecule has 2 heterocycles. The molecule has 0 atom stereocenters. The first-order valence-electron chi connectivity index (χ1n) is 11.8. The summed E-state index contributed by atoms with van der Waals surface area (Å²) in [5.41, 5.74) is -0.0132. The van der Waals surface area contributed by atoms with Crippen LogP contribution in [0.2, 0.25) is 0 Å². The van der Waals surface area contributed by atoms with E-state index in [4.69, 9.17) is 0 Å². The summed E-state index contributed by atoms with van der Waals surface area (Å²) in [6.07, 6.45) is -3.29. The maximum absolute atomic E-state index is 13.5. The quantitative estimate of drug-likeness (QED) is 0.490. The van der Waals surface area contributed by atoms with Crippen LogP contribution in [0, 0.1) is 11.3 Å². The number of benzene rings is 2. The molecule has 0 bridgehead atoms. The first-order chi connectivity index (χ1) is 17.8. The second-order valence-corrected chi connectivity index (χ2v) is 8.53. The zero-order valence-corrected chi connectivity index (χ0v) is 19.9. The molecular formula is C26H25F3N6O2. The maximum atomic E-state index is 13.5. The summed E-state index contributed by atoms with van der Waals surface area (Å²) in [5.74, 6) is -0.984. The van der Waals surface area contributed by atoms with E-state index in [1.807, 2.05) is 12.1 Å². The highest BCUT2D eigenvalue weighted by Gasteiger charge is 2.39. The van der Waals surface area contributed by atoms with Crippen LogP contribution in [-0.4, -0.2) is 59.2 Å². The van der Waals surface area contributed by atoms with Crippen molar-refractivity contribution in [2.75, 3.05) is 37.6 Å². The van der Waals surface area contributed by atoms with Gasteiger partial charge in [0.05, 0.1) is 22.5 Å². The van der Waals surface area contributed by atoms with Gasteiger partial charge in [0.2, 0.25) is 5.91 Å². The molecule has 0 spiro atoms. The van der Waals surface area contributed by atoms with Crippen LogP contribution in [0.3, 0.4) is 0 Å². The largest absolute Gasteiger partial charge is 0.435 e. The van der Waals surface area contributed by atoms with Gasteiger partial charge in [0.15, 0.2) is 5.69 Å². The standard InChI is InChI=1S/C26H25F3N6O2/c27-26(28,29)24-21(18-35(32-24)20-8-2-1-3-9-20)25(37)31-12-6-11-23(36)34-15-13-33(14-16-34)22-10-5-4-7-19(22)17-30/h1-5,7-10,18H,6,11-16H2,(H,31,37). The number of nitriles is 1. The summed E-state index contributed by atoms with van der Waals surface area (Å²) >= 11 is 0. The molecule has 8 nitrogen and oxygen atoms in total. The van der Waals surface area contributed by atoms with Crippen molar-refractivity contribution in [3.05, 3.63) is 77.6 Å². The van der Waals surface area contributed by atoms with E-state index in [1.165, 1.54) is 0 Å². The average molecular weight is 511 g/mol. The monoisotopic (exact) mass is 510 g/mol. The highest BCUT2D eigenvalue weighted by Crippen LogP contribution is 2.31. The Morgan fingerprint density at radius 3 is 2.35 bits per heavy atom. The summed E-state index contributed by atoms with van der Waals surface area (Å²) < 4.78 is 41.5. The van der Waals surface area contributed by atoms with E-state index >= 15 is 0 Å². The summed E-state index contributed by atoms with van der Waals surface area (Å²) in [6.45, 7) is 2.23. The molecule has 4 rings (SSSR count).